The number of carbonyl (C=O) groups excluding carboxylic acids is 1. The molecule has 190 valence electrons. The largest absolute Gasteiger partial charge is 0.504 e. The predicted octanol–water partition coefficient (Wildman–Crippen LogP) is 4.45. The molecule has 0 saturated carbocycles. The van der Waals surface area contributed by atoms with Gasteiger partial charge in [0.1, 0.15) is 6.10 Å². The number of aliphatic hydroxyl groups is 2. The Labute approximate surface area is 202 Å². The van der Waals surface area contributed by atoms with Crippen molar-refractivity contribution in [3.8, 4) is 11.5 Å². The fourth-order valence-corrected chi connectivity index (χ4v) is 5.24. The van der Waals surface area contributed by atoms with Crippen molar-refractivity contribution in [1.82, 2.24) is 0 Å². The maximum atomic E-state index is 11.4. The van der Waals surface area contributed by atoms with Gasteiger partial charge in [-0.15, -0.1) is 0 Å². The average molecular weight is 477 g/mol. The molecule has 2 aliphatic rings. The number of aromatic hydroxyl groups is 1. The van der Waals surface area contributed by atoms with Gasteiger partial charge in [0.25, 0.3) is 0 Å². The summed E-state index contributed by atoms with van der Waals surface area (Å²) >= 11 is 0. The number of ether oxygens (including phenoxy) is 3. The Morgan fingerprint density at radius 1 is 1.26 bits per heavy atom. The van der Waals surface area contributed by atoms with Crippen molar-refractivity contribution < 1.29 is 34.3 Å². The quantitative estimate of drug-likeness (QED) is 0.394. The Morgan fingerprint density at radius 2 is 1.97 bits per heavy atom. The summed E-state index contributed by atoms with van der Waals surface area (Å²) in [6, 6.07) is 2.07. The lowest BCUT2D eigenvalue weighted by molar-refractivity contribution is -0.249. The van der Waals surface area contributed by atoms with Crippen molar-refractivity contribution in [2.75, 3.05) is 6.61 Å². The Bertz CT molecular complexity index is 905. The van der Waals surface area contributed by atoms with E-state index in [0.717, 1.165) is 31.2 Å². The van der Waals surface area contributed by atoms with Crippen molar-refractivity contribution in [3.63, 3.8) is 0 Å². The zero-order chi connectivity index (χ0) is 25.2. The van der Waals surface area contributed by atoms with E-state index >= 15 is 0 Å². The van der Waals surface area contributed by atoms with Crippen LogP contribution in [0.15, 0.2) is 17.7 Å². The number of phenolic OH excluding ortho intramolecular Hbond substituents is 1. The van der Waals surface area contributed by atoms with Gasteiger partial charge < -0.3 is 29.5 Å². The topological polar surface area (TPSA) is 105 Å². The van der Waals surface area contributed by atoms with Gasteiger partial charge in [0, 0.05) is 12.5 Å². The van der Waals surface area contributed by atoms with Crippen LogP contribution < -0.4 is 4.74 Å². The maximum absolute atomic E-state index is 11.4. The molecule has 0 radical (unpaired) electrons. The number of allylic oxidation sites excluding steroid dienone is 2. The van der Waals surface area contributed by atoms with Crippen molar-refractivity contribution in [2.45, 2.75) is 104 Å². The first-order chi connectivity index (χ1) is 16.0. The zero-order valence-corrected chi connectivity index (χ0v) is 21.2. The minimum Gasteiger partial charge on any atom is -0.504 e. The van der Waals surface area contributed by atoms with Gasteiger partial charge >= 0.3 is 5.97 Å². The lowest BCUT2D eigenvalue weighted by Crippen LogP contribution is -2.56. The van der Waals surface area contributed by atoms with Crippen LogP contribution in [0.1, 0.15) is 88.8 Å². The van der Waals surface area contributed by atoms with Crippen LogP contribution in [0.2, 0.25) is 0 Å². The summed E-state index contributed by atoms with van der Waals surface area (Å²) in [5.41, 5.74) is 4.14. The summed E-state index contributed by atoms with van der Waals surface area (Å²) < 4.78 is 16.8. The molecule has 1 heterocycles. The minimum atomic E-state index is -1.40. The van der Waals surface area contributed by atoms with Crippen molar-refractivity contribution in [3.05, 3.63) is 34.4 Å². The molecule has 0 unspecified atom stereocenters. The summed E-state index contributed by atoms with van der Waals surface area (Å²) in [7, 11) is 0. The Kier molecular flexibility index (Phi) is 8.66. The predicted molar refractivity (Wildman–Crippen MR) is 129 cm³/mol. The lowest BCUT2D eigenvalue weighted by atomic mass is 9.70. The van der Waals surface area contributed by atoms with E-state index in [-0.39, 0.29) is 18.3 Å². The van der Waals surface area contributed by atoms with E-state index in [2.05, 4.69) is 39.8 Å². The van der Waals surface area contributed by atoms with Crippen LogP contribution in [-0.4, -0.2) is 52.5 Å². The van der Waals surface area contributed by atoms with Crippen LogP contribution in [0.25, 0.3) is 0 Å². The highest BCUT2D eigenvalue weighted by molar-refractivity contribution is 5.66. The monoisotopic (exact) mass is 476 g/mol. The Hall–Kier alpha value is -2.09. The smallest absolute Gasteiger partial charge is 0.303 e. The summed E-state index contributed by atoms with van der Waals surface area (Å²) in [6.07, 6.45) is 1.49. The molecule has 3 rings (SSSR count). The summed E-state index contributed by atoms with van der Waals surface area (Å²) in [6.45, 7) is 11.5. The van der Waals surface area contributed by atoms with E-state index in [0.29, 0.717) is 23.1 Å². The number of rotatable bonds is 7. The van der Waals surface area contributed by atoms with Crippen molar-refractivity contribution in [1.29, 1.82) is 0 Å². The van der Waals surface area contributed by atoms with Crippen LogP contribution in [0.3, 0.4) is 0 Å². The number of carbonyl (C=O) groups is 1. The Balaban J connectivity index is 1.92. The van der Waals surface area contributed by atoms with E-state index in [4.69, 9.17) is 14.2 Å². The first kappa shape index (κ1) is 26.5. The number of benzene rings is 1. The van der Waals surface area contributed by atoms with Crippen LogP contribution in [0.4, 0.5) is 0 Å². The standard InChI is InChI=1S/C27H40O7/c1-14(2)8-7-9-15(3)19-11-10-16(4)22-20(19)12-17(5)23(30)26(22)34-27-24(31)25(33-18(6)28)21(29)13-32-27/h8,12,15-16,19,21,24-25,27,29-31H,7,9-11,13H2,1-6H3/t15-,16-,19+,21+,24+,25-,27-/m0/s1. The minimum absolute atomic E-state index is 0.0226. The van der Waals surface area contributed by atoms with Gasteiger partial charge in [-0.05, 0) is 75.3 Å². The number of hydrogen-bond donors (Lipinski definition) is 3. The second-order valence-corrected chi connectivity index (χ2v) is 10.2. The van der Waals surface area contributed by atoms with E-state index in [1.807, 2.05) is 6.92 Å². The molecule has 0 aromatic heterocycles. The Morgan fingerprint density at radius 3 is 2.62 bits per heavy atom. The van der Waals surface area contributed by atoms with Crippen LogP contribution in [-0.2, 0) is 14.3 Å². The molecule has 1 aliphatic carbocycles. The molecule has 1 aromatic rings. The number of esters is 1. The van der Waals surface area contributed by atoms with Gasteiger partial charge in [-0.1, -0.05) is 31.6 Å². The first-order valence-corrected chi connectivity index (χ1v) is 12.3. The zero-order valence-electron chi connectivity index (χ0n) is 21.2. The molecule has 7 atom stereocenters. The average Bonchev–Trinajstić information content (AvgIpc) is 2.75. The van der Waals surface area contributed by atoms with Gasteiger partial charge in [0.05, 0.1) is 6.61 Å². The first-order valence-electron chi connectivity index (χ1n) is 12.3. The summed E-state index contributed by atoms with van der Waals surface area (Å²) in [5.74, 6) is 0.677. The van der Waals surface area contributed by atoms with Crippen molar-refractivity contribution in [2.24, 2.45) is 5.92 Å². The molecule has 0 bridgehead atoms. The lowest BCUT2D eigenvalue weighted by Gasteiger charge is -2.39. The molecule has 3 N–H and O–H groups in total. The van der Waals surface area contributed by atoms with Gasteiger partial charge in [-0.25, -0.2) is 0 Å². The van der Waals surface area contributed by atoms with Crippen molar-refractivity contribution >= 4 is 5.97 Å². The normalized spacial score (nSPS) is 29.6. The van der Waals surface area contributed by atoms with Crippen LogP contribution in [0, 0.1) is 12.8 Å². The van der Waals surface area contributed by atoms with E-state index < -0.39 is 30.6 Å². The summed E-state index contributed by atoms with van der Waals surface area (Å²) in [5, 5.41) is 31.9. The highest BCUT2D eigenvalue weighted by Gasteiger charge is 2.44. The number of phenols is 1. The second-order valence-electron chi connectivity index (χ2n) is 10.2. The molecule has 1 aromatic carbocycles. The number of aliphatic hydroxyl groups excluding tert-OH is 2. The molecule has 7 heteroatoms. The van der Waals surface area contributed by atoms with Gasteiger partial charge in [0.15, 0.2) is 23.7 Å². The fraction of sp³-hybridized carbons (Fsp3) is 0.667. The number of hydrogen-bond acceptors (Lipinski definition) is 7. The molecule has 34 heavy (non-hydrogen) atoms. The third kappa shape index (κ3) is 5.75. The molecule has 0 amide bonds. The molecule has 0 spiro atoms. The molecule has 1 fully saturated rings. The van der Waals surface area contributed by atoms with E-state index in [1.54, 1.807) is 0 Å². The van der Waals surface area contributed by atoms with E-state index in [1.165, 1.54) is 18.1 Å². The van der Waals surface area contributed by atoms with Gasteiger partial charge in [0.2, 0.25) is 6.29 Å². The third-order valence-corrected chi connectivity index (χ3v) is 7.14. The SMILES string of the molecule is CC(=O)O[C@@H]1[C@@H](O)[C@H](Oc2c(O)c(C)cc3c2[C@@H](C)CC[C@@H]3[C@@H](C)CCC=C(C)C)OC[C@H]1O. The summed E-state index contributed by atoms with van der Waals surface area (Å²) in [4.78, 5) is 11.4. The van der Waals surface area contributed by atoms with Crippen LogP contribution in [0.5, 0.6) is 11.5 Å². The molecule has 1 aliphatic heterocycles. The highest BCUT2D eigenvalue weighted by Crippen LogP contribution is 2.51. The number of aryl methyl sites for hydroxylation is 1. The molecular weight excluding hydrogens is 436 g/mol. The highest BCUT2D eigenvalue weighted by atomic mass is 16.7. The van der Waals surface area contributed by atoms with Gasteiger partial charge in [-0.3, -0.25) is 4.79 Å². The maximum Gasteiger partial charge on any atom is 0.303 e. The van der Waals surface area contributed by atoms with Gasteiger partial charge in [-0.2, -0.15) is 0 Å². The molecular formula is C27H40O7. The molecule has 1 saturated heterocycles. The van der Waals surface area contributed by atoms with Crippen LogP contribution >= 0.6 is 0 Å². The second kappa shape index (κ2) is 11.1. The number of fused-ring (bicyclic) bond motifs is 1. The third-order valence-electron chi connectivity index (χ3n) is 7.14. The van der Waals surface area contributed by atoms with E-state index in [9.17, 15) is 20.1 Å². The fourth-order valence-electron chi connectivity index (χ4n) is 5.24. The molecule has 7 nitrogen and oxygen atoms in total.